The SMILES string of the molecule is CCC1(CNC(=NC)NCCS(=O)(=O)N2CC(C)OC(C)C2)CCCC1.I. The Morgan fingerprint density at radius 3 is 2.30 bits per heavy atom. The van der Waals surface area contributed by atoms with Crippen LogP contribution in [0.25, 0.3) is 0 Å². The fraction of sp³-hybridized carbons (Fsp3) is 0.944. The highest BCUT2D eigenvalue weighted by Gasteiger charge is 2.32. The number of guanidine groups is 1. The third kappa shape index (κ3) is 7.32. The van der Waals surface area contributed by atoms with E-state index in [4.69, 9.17) is 4.74 Å². The van der Waals surface area contributed by atoms with Crippen molar-refractivity contribution in [3.63, 3.8) is 0 Å². The molecule has 2 atom stereocenters. The van der Waals surface area contributed by atoms with Crippen LogP contribution in [-0.2, 0) is 14.8 Å². The monoisotopic (exact) mass is 516 g/mol. The van der Waals surface area contributed by atoms with Crippen molar-refractivity contribution in [2.45, 2.75) is 65.1 Å². The topological polar surface area (TPSA) is 83.0 Å². The molecule has 0 amide bonds. The van der Waals surface area contributed by atoms with Crippen LogP contribution >= 0.6 is 24.0 Å². The van der Waals surface area contributed by atoms with Gasteiger partial charge in [0.15, 0.2) is 5.96 Å². The molecule has 27 heavy (non-hydrogen) atoms. The molecule has 0 aromatic carbocycles. The molecule has 1 aliphatic carbocycles. The normalized spacial score (nSPS) is 26.4. The van der Waals surface area contributed by atoms with E-state index in [2.05, 4.69) is 22.5 Å². The smallest absolute Gasteiger partial charge is 0.216 e. The van der Waals surface area contributed by atoms with E-state index in [1.807, 2.05) is 13.8 Å². The van der Waals surface area contributed by atoms with Gasteiger partial charge in [0.2, 0.25) is 10.0 Å². The predicted octanol–water partition coefficient (Wildman–Crippen LogP) is 2.18. The van der Waals surface area contributed by atoms with Gasteiger partial charge in [-0.15, -0.1) is 24.0 Å². The molecule has 2 aliphatic rings. The maximum absolute atomic E-state index is 12.6. The molecule has 0 aromatic rings. The summed E-state index contributed by atoms with van der Waals surface area (Å²) < 4.78 is 32.3. The first-order valence-electron chi connectivity index (χ1n) is 9.88. The van der Waals surface area contributed by atoms with Crippen molar-refractivity contribution in [1.29, 1.82) is 0 Å². The lowest BCUT2D eigenvalue weighted by atomic mass is 9.83. The number of sulfonamides is 1. The molecule has 2 fully saturated rings. The van der Waals surface area contributed by atoms with Gasteiger partial charge in [-0.3, -0.25) is 4.99 Å². The van der Waals surface area contributed by atoms with Crippen LogP contribution in [0.1, 0.15) is 52.9 Å². The highest BCUT2D eigenvalue weighted by atomic mass is 127. The molecule has 9 heteroatoms. The number of aliphatic imine (C=N–C) groups is 1. The standard InChI is InChI=1S/C18H36N4O3S.HI/c1-5-18(8-6-7-9-18)14-21-17(19-4)20-10-11-26(23,24)22-12-15(2)25-16(3)13-22;/h15-16H,5-14H2,1-4H3,(H2,19,20,21);1H. The maximum atomic E-state index is 12.6. The van der Waals surface area contributed by atoms with E-state index in [9.17, 15) is 8.42 Å². The van der Waals surface area contributed by atoms with E-state index in [-0.39, 0.29) is 41.9 Å². The molecular formula is C18H37IN4O3S. The van der Waals surface area contributed by atoms with Gasteiger partial charge in [0, 0.05) is 33.2 Å². The molecule has 2 unspecified atom stereocenters. The predicted molar refractivity (Wildman–Crippen MR) is 121 cm³/mol. The zero-order chi connectivity index (χ0) is 19.2. The molecule has 1 aliphatic heterocycles. The molecule has 0 bridgehead atoms. The lowest BCUT2D eigenvalue weighted by molar-refractivity contribution is -0.0440. The second-order valence-electron chi connectivity index (χ2n) is 7.80. The van der Waals surface area contributed by atoms with Crippen LogP contribution in [0.15, 0.2) is 4.99 Å². The molecule has 160 valence electrons. The van der Waals surface area contributed by atoms with Crippen LogP contribution in [-0.4, -0.2) is 69.9 Å². The first kappa shape index (κ1) is 24.9. The number of rotatable bonds is 7. The first-order valence-corrected chi connectivity index (χ1v) is 11.5. The summed E-state index contributed by atoms with van der Waals surface area (Å²) in [6.45, 7) is 8.18. The van der Waals surface area contributed by atoms with Gasteiger partial charge >= 0.3 is 0 Å². The Bertz CT molecular complexity index is 569. The molecule has 0 radical (unpaired) electrons. The molecule has 1 saturated heterocycles. The summed E-state index contributed by atoms with van der Waals surface area (Å²) in [6, 6.07) is 0. The quantitative estimate of drug-likeness (QED) is 0.308. The summed E-state index contributed by atoms with van der Waals surface area (Å²) in [5, 5.41) is 6.55. The third-order valence-electron chi connectivity index (χ3n) is 5.70. The van der Waals surface area contributed by atoms with Gasteiger partial charge in [0.05, 0.1) is 18.0 Å². The van der Waals surface area contributed by atoms with Gasteiger partial charge in [-0.25, -0.2) is 8.42 Å². The van der Waals surface area contributed by atoms with Crippen LogP contribution in [0.5, 0.6) is 0 Å². The van der Waals surface area contributed by atoms with Gasteiger partial charge in [0.25, 0.3) is 0 Å². The van der Waals surface area contributed by atoms with Crippen LogP contribution < -0.4 is 10.6 Å². The van der Waals surface area contributed by atoms with E-state index in [1.165, 1.54) is 32.1 Å². The van der Waals surface area contributed by atoms with Gasteiger partial charge in [-0.1, -0.05) is 19.8 Å². The Hall–Kier alpha value is -0.130. The largest absolute Gasteiger partial charge is 0.373 e. The Labute approximate surface area is 182 Å². The lowest BCUT2D eigenvalue weighted by Gasteiger charge is -2.34. The zero-order valence-corrected chi connectivity index (χ0v) is 20.3. The molecule has 7 nitrogen and oxygen atoms in total. The number of hydrogen-bond acceptors (Lipinski definition) is 4. The lowest BCUT2D eigenvalue weighted by Crippen LogP contribution is -2.50. The fourth-order valence-corrected chi connectivity index (χ4v) is 5.55. The average molecular weight is 516 g/mol. The number of morpholine rings is 1. The van der Waals surface area contributed by atoms with Gasteiger partial charge in [-0.05, 0) is 38.5 Å². The van der Waals surface area contributed by atoms with Crippen LogP contribution in [0.2, 0.25) is 0 Å². The van der Waals surface area contributed by atoms with Crippen molar-refractivity contribution in [3.05, 3.63) is 0 Å². The second kappa shape index (κ2) is 11.2. The Morgan fingerprint density at radius 2 is 1.78 bits per heavy atom. The molecule has 0 aromatic heterocycles. The number of halogens is 1. The van der Waals surface area contributed by atoms with E-state index < -0.39 is 10.0 Å². The van der Waals surface area contributed by atoms with Crippen molar-refractivity contribution < 1.29 is 13.2 Å². The first-order chi connectivity index (χ1) is 12.3. The van der Waals surface area contributed by atoms with Crippen LogP contribution in [0.4, 0.5) is 0 Å². The van der Waals surface area contributed by atoms with Crippen molar-refractivity contribution in [2.75, 3.05) is 39.0 Å². The second-order valence-corrected chi connectivity index (χ2v) is 9.89. The molecule has 1 saturated carbocycles. The zero-order valence-electron chi connectivity index (χ0n) is 17.2. The van der Waals surface area contributed by atoms with E-state index in [0.29, 0.717) is 31.0 Å². The van der Waals surface area contributed by atoms with Crippen molar-refractivity contribution in [2.24, 2.45) is 10.4 Å². The van der Waals surface area contributed by atoms with Crippen molar-refractivity contribution in [3.8, 4) is 0 Å². The summed E-state index contributed by atoms with van der Waals surface area (Å²) in [4.78, 5) is 4.24. The van der Waals surface area contributed by atoms with Crippen molar-refractivity contribution >= 4 is 40.0 Å². The molecule has 1 heterocycles. The van der Waals surface area contributed by atoms with Gasteiger partial charge in [-0.2, -0.15) is 4.31 Å². The molecule has 2 rings (SSSR count). The Morgan fingerprint density at radius 1 is 1.19 bits per heavy atom. The minimum Gasteiger partial charge on any atom is -0.373 e. The minimum absolute atomic E-state index is 0. The molecule has 0 spiro atoms. The number of ether oxygens (including phenoxy) is 1. The Kier molecular flexibility index (Phi) is 10.3. The summed E-state index contributed by atoms with van der Waals surface area (Å²) in [6.07, 6.45) is 6.16. The summed E-state index contributed by atoms with van der Waals surface area (Å²) >= 11 is 0. The molecular weight excluding hydrogens is 479 g/mol. The Balaban J connectivity index is 0.00000364. The van der Waals surface area contributed by atoms with Gasteiger partial charge in [0.1, 0.15) is 0 Å². The van der Waals surface area contributed by atoms with E-state index >= 15 is 0 Å². The van der Waals surface area contributed by atoms with Gasteiger partial charge < -0.3 is 15.4 Å². The summed E-state index contributed by atoms with van der Waals surface area (Å²) in [5.41, 5.74) is 0.365. The highest BCUT2D eigenvalue weighted by molar-refractivity contribution is 14.0. The van der Waals surface area contributed by atoms with Crippen LogP contribution in [0.3, 0.4) is 0 Å². The van der Waals surface area contributed by atoms with Crippen LogP contribution in [0, 0.1) is 5.41 Å². The number of hydrogen-bond donors (Lipinski definition) is 2. The maximum Gasteiger partial charge on any atom is 0.216 e. The summed E-state index contributed by atoms with van der Waals surface area (Å²) in [5.74, 6) is 0.745. The van der Waals surface area contributed by atoms with Crippen molar-refractivity contribution in [1.82, 2.24) is 14.9 Å². The highest BCUT2D eigenvalue weighted by Crippen LogP contribution is 2.40. The molecule has 2 N–H and O–H groups in total. The van der Waals surface area contributed by atoms with E-state index in [0.717, 1.165) is 6.54 Å². The number of nitrogens with one attached hydrogen (secondary N) is 2. The minimum atomic E-state index is -3.29. The third-order valence-corrected chi connectivity index (χ3v) is 7.51. The fourth-order valence-electron chi connectivity index (χ4n) is 4.06. The van der Waals surface area contributed by atoms with E-state index in [1.54, 1.807) is 11.4 Å². The average Bonchev–Trinajstić information content (AvgIpc) is 3.06. The summed E-state index contributed by atoms with van der Waals surface area (Å²) in [7, 11) is -1.57. The number of nitrogens with zero attached hydrogens (tertiary/aromatic N) is 2.